The number of aliphatic hydroxyl groups is 1. The molecule has 0 fully saturated rings. The Bertz CT molecular complexity index is 183. The number of aliphatic hydroxyl groups excluding tert-OH is 1. The van der Waals surface area contributed by atoms with Crippen LogP contribution in [0.25, 0.3) is 0 Å². The third-order valence-corrected chi connectivity index (χ3v) is 3.18. The second-order valence-electron chi connectivity index (χ2n) is 7.91. The lowest BCUT2D eigenvalue weighted by atomic mass is 9.88. The molecule has 0 spiro atoms. The molecule has 0 aliphatic carbocycles. The van der Waals surface area contributed by atoms with Crippen molar-refractivity contribution in [2.24, 2.45) is 10.8 Å². The van der Waals surface area contributed by atoms with E-state index in [0.29, 0.717) is 10.8 Å². The van der Waals surface area contributed by atoms with Crippen LogP contribution in [0.15, 0.2) is 0 Å². The van der Waals surface area contributed by atoms with Gasteiger partial charge in [0.2, 0.25) is 0 Å². The van der Waals surface area contributed by atoms with Crippen molar-refractivity contribution in [1.29, 1.82) is 0 Å². The predicted molar refractivity (Wildman–Crippen MR) is 77.2 cm³/mol. The van der Waals surface area contributed by atoms with Gasteiger partial charge in [-0.05, 0) is 36.5 Å². The minimum absolute atomic E-state index is 0.0719. The van der Waals surface area contributed by atoms with Crippen molar-refractivity contribution >= 4 is 0 Å². The van der Waals surface area contributed by atoms with E-state index in [4.69, 9.17) is 0 Å². The average Bonchev–Trinajstić information content (AvgIpc) is 2.09. The fourth-order valence-electron chi connectivity index (χ4n) is 2.05. The Morgan fingerprint density at radius 1 is 0.706 bits per heavy atom. The zero-order valence-electron chi connectivity index (χ0n) is 13.0. The van der Waals surface area contributed by atoms with E-state index in [9.17, 15) is 5.11 Å². The number of hydrogen-bond acceptors (Lipinski definition) is 1. The molecule has 0 heterocycles. The van der Waals surface area contributed by atoms with Crippen LogP contribution in [0.4, 0.5) is 0 Å². The van der Waals surface area contributed by atoms with Gasteiger partial charge in [-0.3, -0.25) is 0 Å². The predicted octanol–water partition coefficient (Wildman–Crippen LogP) is 5.17. The molecule has 0 rings (SSSR count). The second kappa shape index (κ2) is 7.41. The van der Waals surface area contributed by atoms with Crippen molar-refractivity contribution in [3.63, 3.8) is 0 Å². The molecule has 0 aliphatic heterocycles. The monoisotopic (exact) mass is 242 g/mol. The van der Waals surface area contributed by atoms with Gasteiger partial charge in [-0.2, -0.15) is 0 Å². The zero-order chi connectivity index (χ0) is 13.5. The van der Waals surface area contributed by atoms with Gasteiger partial charge >= 0.3 is 0 Å². The van der Waals surface area contributed by atoms with Gasteiger partial charge < -0.3 is 5.11 Å². The fourth-order valence-corrected chi connectivity index (χ4v) is 2.05. The molecule has 0 saturated carbocycles. The molecule has 0 aliphatic rings. The first-order valence-electron chi connectivity index (χ1n) is 7.28. The van der Waals surface area contributed by atoms with Crippen molar-refractivity contribution in [2.75, 3.05) is 0 Å². The summed E-state index contributed by atoms with van der Waals surface area (Å²) in [5, 5.41) is 9.88. The third kappa shape index (κ3) is 13.9. The summed E-state index contributed by atoms with van der Waals surface area (Å²) in [4.78, 5) is 0. The lowest BCUT2D eigenvalue weighted by Gasteiger charge is -2.20. The zero-order valence-corrected chi connectivity index (χ0v) is 13.0. The summed E-state index contributed by atoms with van der Waals surface area (Å²) in [5.41, 5.74) is 0.850. The van der Waals surface area contributed by atoms with Gasteiger partial charge in [-0.1, -0.05) is 60.8 Å². The Labute approximate surface area is 109 Å². The summed E-state index contributed by atoms with van der Waals surface area (Å²) >= 11 is 0. The normalized spacial score (nSPS) is 15.0. The Balaban J connectivity index is 3.44. The van der Waals surface area contributed by atoms with Gasteiger partial charge in [-0.15, -0.1) is 0 Å². The highest BCUT2D eigenvalue weighted by Crippen LogP contribution is 2.24. The molecule has 0 radical (unpaired) electrons. The number of hydrogen-bond donors (Lipinski definition) is 1. The summed E-state index contributed by atoms with van der Waals surface area (Å²) in [6.07, 6.45) is 7.95. The number of rotatable bonds is 7. The average molecular weight is 242 g/mol. The van der Waals surface area contributed by atoms with Crippen LogP contribution in [0.3, 0.4) is 0 Å². The van der Waals surface area contributed by atoms with E-state index in [2.05, 4.69) is 41.5 Å². The highest BCUT2D eigenvalue weighted by atomic mass is 16.3. The van der Waals surface area contributed by atoms with Crippen molar-refractivity contribution in [3.8, 4) is 0 Å². The Hall–Kier alpha value is -0.0400. The number of unbranched alkanes of at least 4 members (excludes halogenated alkanes) is 1. The van der Waals surface area contributed by atoms with Gasteiger partial charge in [0.15, 0.2) is 0 Å². The minimum Gasteiger partial charge on any atom is -0.393 e. The molecule has 1 nitrogen and oxygen atoms in total. The third-order valence-electron chi connectivity index (χ3n) is 3.18. The van der Waals surface area contributed by atoms with Gasteiger partial charge in [0.05, 0.1) is 6.10 Å². The molecular formula is C16H34O. The molecule has 0 bridgehead atoms. The fraction of sp³-hybridized carbons (Fsp3) is 1.00. The van der Waals surface area contributed by atoms with Gasteiger partial charge in [0.1, 0.15) is 0 Å². The largest absolute Gasteiger partial charge is 0.393 e. The lowest BCUT2D eigenvalue weighted by molar-refractivity contribution is 0.141. The molecule has 0 saturated heterocycles. The van der Waals surface area contributed by atoms with Crippen LogP contribution in [0.1, 0.15) is 86.5 Å². The van der Waals surface area contributed by atoms with Crippen LogP contribution < -0.4 is 0 Å². The quantitative estimate of drug-likeness (QED) is 0.611. The maximum absolute atomic E-state index is 9.88. The molecule has 0 aromatic carbocycles. The maximum Gasteiger partial charge on any atom is 0.0540 e. The Kier molecular flexibility index (Phi) is 7.39. The highest BCUT2D eigenvalue weighted by molar-refractivity contribution is 4.65. The molecule has 1 N–H and O–H groups in total. The van der Waals surface area contributed by atoms with Crippen molar-refractivity contribution in [3.05, 3.63) is 0 Å². The SMILES string of the molecule is CC(C)(C)CCCC[C@H](O)CCCC(C)(C)C. The van der Waals surface area contributed by atoms with Crippen LogP contribution >= 0.6 is 0 Å². The van der Waals surface area contributed by atoms with Crippen LogP contribution in [-0.4, -0.2) is 11.2 Å². The molecule has 1 heteroatoms. The van der Waals surface area contributed by atoms with Crippen LogP contribution in [0.2, 0.25) is 0 Å². The van der Waals surface area contributed by atoms with Crippen molar-refractivity contribution in [2.45, 2.75) is 92.6 Å². The smallest absolute Gasteiger partial charge is 0.0540 e. The van der Waals surface area contributed by atoms with E-state index in [-0.39, 0.29) is 6.10 Å². The molecule has 0 unspecified atom stereocenters. The Morgan fingerprint density at radius 3 is 1.59 bits per heavy atom. The molecule has 0 aromatic heterocycles. The summed E-state index contributed by atoms with van der Waals surface area (Å²) in [7, 11) is 0. The van der Waals surface area contributed by atoms with E-state index < -0.39 is 0 Å². The second-order valence-corrected chi connectivity index (χ2v) is 7.91. The van der Waals surface area contributed by atoms with Crippen LogP contribution in [0.5, 0.6) is 0 Å². The molecule has 0 amide bonds. The lowest BCUT2D eigenvalue weighted by Crippen LogP contribution is -2.11. The van der Waals surface area contributed by atoms with Crippen LogP contribution in [0, 0.1) is 10.8 Å². The Morgan fingerprint density at radius 2 is 1.12 bits per heavy atom. The molecule has 17 heavy (non-hydrogen) atoms. The molecular weight excluding hydrogens is 208 g/mol. The van der Waals surface area contributed by atoms with Crippen LogP contribution in [-0.2, 0) is 0 Å². The van der Waals surface area contributed by atoms with E-state index in [1.807, 2.05) is 0 Å². The van der Waals surface area contributed by atoms with Crippen molar-refractivity contribution in [1.82, 2.24) is 0 Å². The first-order chi connectivity index (χ1) is 7.60. The molecule has 0 aromatic rings. The summed E-state index contributed by atoms with van der Waals surface area (Å²) in [6, 6.07) is 0. The van der Waals surface area contributed by atoms with Gasteiger partial charge in [-0.25, -0.2) is 0 Å². The van der Waals surface area contributed by atoms with Gasteiger partial charge in [0.25, 0.3) is 0 Å². The summed E-state index contributed by atoms with van der Waals surface area (Å²) in [6.45, 7) is 13.7. The maximum atomic E-state index is 9.88. The topological polar surface area (TPSA) is 20.2 Å². The molecule has 1 atom stereocenters. The van der Waals surface area contributed by atoms with E-state index in [1.54, 1.807) is 0 Å². The standard InChI is InChI=1S/C16H34O/c1-15(2,3)12-8-7-10-14(17)11-9-13-16(4,5)6/h14,17H,7-13H2,1-6H3/t14-/m0/s1. The molecule has 104 valence electrons. The first kappa shape index (κ1) is 17.0. The van der Waals surface area contributed by atoms with E-state index >= 15 is 0 Å². The van der Waals surface area contributed by atoms with Crippen molar-refractivity contribution < 1.29 is 5.11 Å². The minimum atomic E-state index is -0.0719. The van der Waals surface area contributed by atoms with E-state index in [1.165, 1.54) is 25.7 Å². The first-order valence-corrected chi connectivity index (χ1v) is 7.28. The van der Waals surface area contributed by atoms with Gasteiger partial charge in [0, 0.05) is 0 Å². The highest BCUT2D eigenvalue weighted by Gasteiger charge is 2.12. The summed E-state index contributed by atoms with van der Waals surface area (Å²) < 4.78 is 0. The summed E-state index contributed by atoms with van der Waals surface area (Å²) in [5.74, 6) is 0. The van der Waals surface area contributed by atoms with E-state index in [0.717, 1.165) is 19.3 Å².